The van der Waals surface area contributed by atoms with Gasteiger partial charge < -0.3 is 10.3 Å². The molecular weight excluding hydrogens is 412 g/mol. The highest BCUT2D eigenvalue weighted by atomic mass is 16.1. The van der Waals surface area contributed by atoms with Gasteiger partial charge in [0.1, 0.15) is 5.82 Å². The number of nitrogens with one attached hydrogen (secondary N) is 3. The van der Waals surface area contributed by atoms with E-state index in [9.17, 15) is 4.79 Å². The Balaban J connectivity index is 1.37. The lowest BCUT2D eigenvalue weighted by Gasteiger charge is -2.07. The maximum atomic E-state index is 12.5. The Morgan fingerprint density at radius 2 is 1.94 bits per heavy atom. The van der Waals surface area contributed by atoms with Crippen molar-refractivity contribution in [3.05, 3.63) is 91.4 Å². The topological polar surface area (TPSA) is 99.3 Å². The van der Waals surface area contributed by atoms with Crippen molar-refractivity contribution in [2.24, 2.45) is 0 Å². The predicted molar refractivity (Wildman–Crippen MR) is 132 cm³/mol. The van der Waals surface area contributed by atoms with Crippen molar-refractivity contribution in [3.63, 3.8) is 0 Å². The number of allylic oxidation sites excluding steroid dienone is 2. The number of Topliss-reactive ketones (excluding diaryl/α,β-unsaturated/α-hetero) is 1. The fraction of sp³-hybridized carbons (Fsp3) is 0.0769. The first-order valence-electron chi connectivity index (χ1n) is 10.6. The van der Waals surface area contributed by atoms with Crippen LogP contribution >= 0.6 is 0 Å². The van der Waals surface area contributed by atoms with Crippen LogP contribution in [0.2, 0.25) is 0 Å². The van der Waals surface area contributed by atoms with Crippen molar-refractivity contribution < 1.29 is 4.79 Å². The first-order valence-corrected chi connectivity index (χ1v) is 10.6. The molecule has 0 radical (unpaired) electrons. The van der Waals surface area contributed by atoms with Gasteiger partial charge in [-0.3, -0.25) is 9.89 Å². The fourth-order valence-corrected chi connectivity index (χ4v) is 3.66. The summed E-state index contributed by atoms with van der Waals surface area (Å²) < 4.78 is 0. The third-order valence-corrected chi connectivity index (χ3v) is 5.51. The van der Waals surface area contributed by atoms with Gasteiger partial charge in [-0.1, -0.05) is 36.9 Å². The van der Waals surface area contributed by atoms with E-state index < -0.39 is 0 Å². The third-order valence-electron chi connectivity index (χ3n) is 5.51. The van der Waals surface area contributed by atoms with Crippen molar-refractivity contribution in [3.8, 4) is 11.4 Å². The summed E-state index contributed by atoms with van der Waals surface area (Å²) in [6.45, 7) is 7.55. The number of anilines is 2. The van der Waals surface area contributed by atoms with E-state index in [0.717, 1.165) is 38.6 Å². The summed E-state index contributed by atoms with van der Waals surface area (Å²) in [4.78, 5) is 24.9. The second-order valence-corrected chi connectivity index (χ2v) is 7.83. The van der Waals surface area contributed by atoms with E-state index in [0.29, 0.717) is 30.2 Å². The lowest BCUT2D eigenvalue weighted by molar-refractivity contribution is 0.0979. The number of benzene rings is 2. The van der Waals surface area contributed by atoms with E-state index in [1.165, 1.54) is 0 Å². The molecule has 0 fully saturated rings. The number of aromatic amines is 2. The van der Waals surface area contributed by atoms with Gasteiger partial charge >= 0.3 is 0 Å². The van der Waals surface area contributed by atoms with E-state index in [1.807, 2.05) is 48.5 Å². The largest absolute Gasteiger partial charge is 0.352 e. The lowest BCUT2D eigenvalue weighted by Crippen LogP contribution is -1.99. The first-order chi connectivity index (χ1) is 16.1. The fourth-order valence-electron chi connectivity index (χ4n) is 3.66. The molecule has 5 rings (SSSR count). The molecule has 5 aromatic rings. The Labute approximate surface area is 190 Å². The number of hydrogen-bond acceptors (Lipinski definition) is 5. The molecule has 0 aliphatic rings. The minimum Gasteiger partial charge on any atom is -0.352 e. The van der Waals surface area contributed by atoms with Gasteiger partial charge in [-0.15, -0.1) is 0 Å². The first kappa shape index (κ1) is 20.4. The van der Waals surface area contributed by atoms with Gasteiger partial charge in [0.2, 0.25) is 0 Å². The maximum absolute atomic E-state index is 12.5. The second kappa shape index (κ2) is 8.55. The summed E-state index contributed by atoms with van der Waals surface area (Å²) in [5.74, 6) is 1.33. The Morgan fingerprint density at radius 1 is 1.03 bits per heavy atom. The number of carbonyl (C=O) groups is 1. The summed E-state index contributed by atoms with van der Waals surface area (Å²) >= 11 is 0. The zero-order chi connectivity index (χ0) is 22.8. The van der Waals surface area contributed by atoms with Crippen molar-refractivity contribution in [1.82, 2.24) is 25.1 Å². The summed E-state index contributed by atoms with van der Waals surface area (Å²) in [7, 11) is 0. The van der Waals surface area contributed by atoms with Crippen LogP contribution in [0.1, 0.15) is 23.3 Å². The molecule has 162 valence electrons. The van der Waals surface area contributed by atoms with Gasteiger partial charge in [-0.25, -0.2) is 9.97 Å². The molecule has 0 aliphatic carbocycles. The number of carbonyl (C=O) groups excluding carboxylic acids is 1. The number of hydrogen-bond donors (Lipinski definition) is 3. The van der Waals surface area contributed by atoms with Crippen LogP contribution < -0.4 is 5.32 Å². The molecule has 0 spiro atoms. The van der Waals surface area contributed by atoms with Gasteiger partial charge in [0, 0.05) is 40.2 Å². The number of ketones is 1. The van der Waals surface area contributed by atoms with Crippen molar-refractivity contribution in [2.75, 3.05) is 5.32 Å². The molecule has 33 heavy (non-hydrogen) atoms. The molecule has 0 amide bonds. The summed E-state index contributed by atoms with van der Waals surface area (Å²) in [6.07, 6.45) is 6.19. The minimum absolute atomic E-state index is 0.0489. The Bertz CT molecular complexity index is 1510. The van der Waals surface area contributed by atoms with Crippen LogP contribution in [0, 0.1) is 0 Å². The zero-order valence-electron chi connectivity index (χ0n) is 17.9. The molecule has 3 heterocycles. The number of nitrogens with zero attached hydrogens (tertiary/aromatic N) is 3. The van der Waals surface area contributed by atoms with Gasteiger partial charge in [-0.05, 0) is 42.8 Å². The molecule has 0 unspecified atom stereocenters. The zero-order valence-corrected chi connectivity index (χ0v) is 17.9. The summed E-state index contributed by atoms with van der Waals surface area (Å²) in [6, 6.07) is 15.5. The number of rotatable bonds is 8. The molecule has 7 heteroatoms. The Morgan fingerprint density at radius 3 is 2.82 bits per heavy atom. The van der Waals surface area contributed by atoms with E-state index in [-0.39, 0.29) is 5.78 Å². The molecular formula is C26H22N6O. The molecule has 0 saturated carbocycles. The summed E-state index contributed by atoms with van der Waals surface area (Å²) in [5, 5.41) is 12.3. The molecule has 0 atom stereocenters. The van der Waals surface area contributed by atoms with Crippen LogP contribution in [0.4, 0.5) is 11.5 Å². The molecule has 0 saturated heterocycles. The number of H-pyrrole nitrogens is 2. The number of fused-ring (bicyclic) bond motifs is 2. The normalized spacial score (nSPS) is 11.0. The van der Waals surface area contributed by atoms with Gasteiger partial charge in [-0.2, -0.15) is 5.10 Å². The highest BCUT2D eigenvalue weighted by molar-refractivity contribution is 6.00. The molecule has 0 bridgehead atoms. The highest BCUT2D eigenvalue weighted by Crippen LogP contribution is 2.25. The van der Waals surface area contributed by atoms with Gasteiger partial charge in [0.25, 0.3) is 0 Å². The van der Waals surface area contributed by atoms with Crippen LogP contribution in [-0.2, 0) is 0 Å². The summed E-state index contributed by atoms with van der Waals surface area (Å²) in [5.41, 5.74) is 5.06. The molecule has 3 aromatic heterocycles. The smallest absolute Gasteiger partial charge is 0.179 e. The standard InChI is InChI=1S/C26H22N6O/c1-3-16(2)4-9-24(33)23-13-17-5-6-18(14-22(17)30-23)26-27-11-10-25(31-26)29-20-7-8-21-19(12-20)15-28-32-21/h3,5-8,10-15,30H,1-2,4,9H2,(H,28,32)(H,27,29,31). The third kappa shape index (κ3) is 4.29. The van der Waals surface area contributed by atoms with E-state index in [4.69, 9.17) is 0 Å². The molecule has 7 nitrogen and oxygen atoms in total. The lowest BCUT2D eigenvalue weighted by atomic mass is 10.1. The monoisotopic (exact) mass is 434 g/mol. The van der Waals surface area contributed by atoms with Gasteiger partial charge in [0.15, 0.2) is 11.6 Å². The van der Waals surface area contributed by atoms with Crippen molar-refractivity contribution in [1.29, 1.82) is 0 Å². The predicted octanol–water partition coefficient (Wildman–Crippen LogP) is 5.95. The van der Waals surface area contributed by atoms with Crippen LogP contribution in [0.3, 0.4) is 0 Å². The molecule has 2 aromatic carbocycles. The molecule has 3 N–H and O–H groups in total. The molecule has 0 aliphatic heterocycles. The highest BCUT2D eigenvalue weighted by Gasteiger charge is 2.12. The Hall–Kier alpha value is -4.52. The maximum Gasteiger partial charge on any atom is 0.179 e. The SMILES string of the molecule is C=CC(=C)CCC(=O)c1cc2ccc(-c3nccc(Nc4ccc5[nH]ncc5c4)n3)cc2[nH]1. The average molecular weight is 435 g/mol. The minimum atomic E-state index is 0.0489. The van der Waals surface area contributed by atoms with E-state index in [2.05, 4.69) is 43.6 Å². The Kier molecular flexibility index (Phi) is 5.28. The van der Waals surface area contributed by atoms with Crippen LogP contribution in [-0.4, -0.2) is 30.9 Å². The van der Waals surface area contributed by atoms with Crippen molar-refractivity contribution >= 4 is 39.1 Å². The van der Waals surface area contributed by atoms with Crippen LogP contribution in [0.15, 0.2) is 85.7 Å². The van der Waals surface area contributed by atoms with Crippen LogP contribution in [0.5, 0.6) is 0 Å². The van der Waals surface area contributed by atoms with Crippen molar-refractivity contribution in [2.45, 2.75) is 12.8 Å². The van der Waals surface area contributed by atoms with E-state index >= 15 is 0 Å². The number of aromatic nitrogens is 5. The van der Waals surface area contributed by atoms with E-state index in [1.54, 1.807) is 18.5 Å². The van der Waals surface area contributed by atoms with Crippen LogP contribution in [0.25, 0.3) is 33.2 Å². The second-order valence-electron chi connectivity index (χ2n) is 7.83. The average Bonchev–Trinajstić information content (AvgIpc) is 3.48. The van der Waals surface area contributed by atoms with Gasteiger partial charge in [0.05, 0.1) is 17.4 Å². The quantitative estimate of drug-likeness (QED) is 0.207.